The first-order valence-corrected chi connectivity index (χ1v) is 4.95. The summed E-state index contributed by atoms with van der Waals surface area (Å²) in [5, 5.41) is 12.9. The maximum absolute atomic E-state index is 9.14. The van der Waals surface area contributed by atoms with Crippen LogP contribution >= 0.6 is 0 Å². The van der Waals surface area contributed by atoms with Crippen LogP contribution in [0.15, 0.2) is 4.52 Å². The van der Waals surface area contributed by atoms with Crippen molar-refractivity contribution >= 4 is 0 Å². The van der Waals surface area contributed by atoms with Crippen molar-refractivity contribution in [3.05, 3.63) is 11.7 Å². The molecule has 2 rings (SSSR count). The number of ether oxygens (including phenoxy) is 2. The van der Waals surface area contributed by atoms with Gasteiger partial charge >= 0.3 is 0 Å². The largest absolute Gasteiger partial charge is 0.393 e. The average molecular weight is 214 g/mol. The molecule has 1 aromatic rings. The third-order valence-electron chi connectivity index (χ3n) is 2.06. The van der Waals surface area contributed by atoms with Crippen molar-refractivity contribution in [1.82, 2.24) is 10.1 Å². The van der Waals surface area contributed by atoms with Crippen LogP contribution in [-0.4, -0.2) is 41.2 Å². The summed E-state index contributed by atoms with van der Waals surface area (Å²) < 4.78 is 15.6. The first-order valence-electron chi connectivity index (χ1n) is 4.95. The molecule has 1 aliphatic heterocycles. The third kappa shape index (κ3) is 2.74. The number of hydrogen-bond donors (Lipinski definition) is 1. The van der Waals surface area contributed by atoms with E-state index in [0.29, 0.717) is 38.0 Å². The fourth-order valence-corrected chi connectivity index (χ4v) is 1.37. The van der Waals surface area contributed by atoms with Crippen LogP contribution in [0.1, 0.15) is 24.7 Å². The second-order valence-electron chi connectivity index (χ2n) is 3.53. The Morgan fingerprint density at radius 3 is 3.07 bits per heavy atom. The first-order chi connectivity index (χ1) is 7.25. The summed E-state index contributed by atoms with van der Waals surface area (Å²) >= 11 is 0. The van der Waals surface area contributed by atoms with E-state index in [1.165, 1.54) is 0 Å². The highest BCUT2D eigenvalue weighted by Gasteiger charge is 2.22. The van der Waals surface area contributed by atoms with Crippen molar-refractivity contribution in [1.29, 1.82) is 0 Å². The normalized spacial score (nSPS) is 24.0. The minimum absolute atomic E-state index is 0.245. The van der Waals surface area contributed by atoms with Crippen molar-refractivity contribution in [3.63, 3.8) is 0 Å². The molecule has 0 bridgehead atoms. The van der Waals surface area contributed by atoms with Gasteiger partial charge < -0.3 is 19.1 Å². The molecule has 2 heterocycles. The number of rotatable bonds is 3. The van der Waals surface area contributed by atoms with Gasteiger partial charge in [-0.2, -0.15) is 4.98 Å². The van der Waals surface area contributed by atoms with Gasteiger partial charge in [-0.1, -0.05) is 5.16 Å². The third-order valence-corrected chi connectivity index (χ3v) is 2.06. The smallest absolute Gasteiger partial charge is 0.229 e. The quantitative estimate of drug-likeness (QED) is 0.767. The number of aromatic nitrogens is 2. The van der Waals surface area contributed by atoms with E-state index in [-0.39, 0.29) is 6.10 Å². The van der Waals surface area contributed by atoms with Gasteiger partial charge in [0.2, 0.25) is 11.7 Å². The standard InChI is InChI=1S/C9H14N2O4/c1-6(12)4-8-10-9(11-15-8)7-5-13-2-3-14-7/h6-7,12H,2-5H2,1H3. The second kappa shape index (κ2) is 4.69. The van der Waals surface area contributed by atoms with E-state index in [1.807, 2.05) is 0 Å². The van der Waals surface area contributed by atoms with Gasteiger partial charge in [0.1, 0.15) is 6.10 Å². The molecule has 0 amide bonds. The molecular formula is C9H14N2O4. The van der Waals surface area contributed by atoms with Crippen LogP contribution in [0.3, 0.4) is 0 Å². The van der Waals surface area contributed by atoms with Gasteiger partial charge in [0, 0.05) is 0 Å². The molecule has 0 spiro atoms. The Labute approximate surface area is 87.2 Å². The maximum atomic E-state index is 9.14. The SMILES string of the molecule is CC(O)Cc1nc(C2COCCO2)no1. The Balaban J connectivity index is 1.99. The van der Waals surface area contributed by atoms with E-state index in [0.717, 1.165) is 0 Å². The summed E-state index contributed by atoms with van der Waals surface area (Å²) in [6.45, 7) is 3.28. The molecule has 1 fully saturated rings. The van der Waals surface area contributed by atoms with E-state index in [4.69, 9.17) is 19.1 Å². The zero-order valence-electron chi connectivity index (χ0n) is 8.55. The van der Waals surface area contributed by atoms with Crippen molar-refractivity contribution < 1.29 is 19.1 Å². The highest BCUT2D eigenvalue weighted by atomic mass is 16.6. The molecule has 1 N–H and O–H groups in total. The van der Waals surface area contributed by atoms with E-state index >= 15 is 0 Å². The molecule has 84 valence electrons. The topological polar surface area (TPSA) is 77.6 Å². The molecule has 15 heavy (non-hydrogen) atoms. The van der Waals surface area contributed by atoms with Crippen molar-refractivity contribution in [2.45, 2.75) is 25.6 Å². The molecule has 0 aliphatic carbocycles. The van der Waals surface area contributed by atoms with Crippen LogP contribution in [0, 0.1) is 0 Å². The van der Waals surface area contributed by atoms with Gasteiger partial charge in [0.15, 0.2) is 0 Å². The zero-order valence-corrected chi connectivity index (χ0v) is 8.55. The number of aliphatic hydroxyl groups excluding tert-OH is 1. The molecule has 0 saturated carbocycles. The summed E-state index contributed by atoms with van der Waals surface area (Å²) in [5.74, 6) is 0.916. The van der Waals surface area contributed by atoms with Crippen LogP contribution in [0.2, 0.25) is 0 Å². The molecule has 0 radical (unpaired) electrons. The molecule has 1 aliphatic rings. The predicted molar refractivity (Wildman–Crippen MR) is 49.2 cm³/mol. The van der Waals surface area contributed by atoms with Gasteiger partial charge in [0.25, 0.3) is 0 Å². The van der Waals surface area contributed by atoms with Gasteiger partial charge in [-0.25, -0.2) is 0 Å². The summed E-state index contributed by atoms with van der Waals surface area (Å²) in [7, 11) is 0. The van der Waals surface area contributed by atoms with Crippen LogP contribution in [0.25, 0.3) is 0 Å². The Morgan fingerprint density at radius 1 is 1.53 bits per heavy atom. The summed E-state index contributed by atoms with van der Waals surface area (Å²) in [6, 6.07) is 0. The minimum Gasteiger partial charge on any atom is -0.393 e. The summed E-state index contributed by atoms with van der Waals surface area (Å²) in [4.78, 5) is 4.13. The lowest BCUT2D eigenvalue weighted by atomic mass is 10.3. The predicted octanol–water partition coefficient (Wildman–Crippen LogP) is 0.0808. The maximum Gasteiger partial charge on any atom is 0.229 e. The molecule has 1 saturated heterocycles. The van der Waals surface area contributed by atoms with E-state index < -0.39 is 6.10 Å². The van der Waals surface area contributed by atoms with Crippen molar-refractivity contribution in [2.24, 2.45) is 0 Å². The molecule has 6 heteroatoms. The Bertz CT molecular complexity index is 307. The molecule has 2 unspecified atom stereocenters. The van der Waals surface area contributed by atoms with E-state index in [9.17, 15) is 0 Å². The number of nitrogens with zero attached hydrogens (tertiary/aromatic N) is 2. The molecule has 0 aromatic carbocycles. The Hall–Kier alpha value is -0.980. The molecule has 6 nitrogen and oxygen atoms in total. The van der Waals surface area contributed by atoms with Gasteiger partial charge in [-0.3, -0.25) is 0 Å². The lowest BCUT2D eigenvalue weighted by Crippen LogP contribution is -2.22. The molecule has 1 aromatic heterocycles. The lowest BCUT2D eigenvalue weighted by molar-refractivity contribution is -0.0941. The summed E-state index contributed by atoms with van der Waals surface area (Å²) in [5.41, 5.74) is 0. The number of hydrogen-bond acceptors (Lipinski definition) is 6. The van der Waals surface area contributed by atoms with Gasteiger partial charge in [-0.15, -0.1) is 0 Å². The minimum atomic E-state index is -0.484. The highest BCUT2D eigenvalue weighted by molar-refractivity contribution is 4.93. The number of aliphatic hydroxyl groups is 1. The first kappa shape index (κ1) is 10.5. The monoisotopic (exact) mass is 214 g/mol. The van der Waals surface area contributed by atoms with Crippen LogP contribution in [0.5, 0.6) is 0 Å². The fraction of sp³-hybridized carbons (Fsp3) is 0.778. The van der Waals surface area contributed by atoms with Crippen LogP contribution in [-0.2, 0) is 15.9 Å². The average Bonchev–Trinajstić information content (AvgIpc) is 2.67. The van der Waals surface area contributed by atoms with Gasteiger partial charge in [0.05, 0.1) is 32.3 Å². The van der Waals surface area contributed by atoms with E-state index in [2.05, 4.69) is 10.1 Å². The lowest BCUT2D eigenvalue weighted by Gasteiger charge is -2.19. The van der Waals surface area contributed by atoms with Crippen molar-refractivity contribution in [3.8, 4) is 0 Å². The highest BCUT2D eigenvalue weighted by Crippen LogP contribution is 2.17. The molecular weight excluding hydrogens is 200 g/mol. The van der Waals surface area contributed by atoms with Crippen LogP contribution < -0.4 is 0 Å². The van der Waals surface area contributed by atoms with Crippen molar-refractivity contribution in [2.75, 3.05) is 19.8 Å². The Morgan fingerprint density at radius 2 is 2.40 bits per heavy atom. The van der Waals surface area contributed by atoms with Gasteiger partial charge in [-0.05, 0) is 6.92 Å². The Kier molecular flexibility index (Phi) is 3.30. The fourth-order valence-electron chi connectivity index (χ4n) is 1.37. The molecule has 2 atom stereocenters. The summed E-state index contributed by atoms with van der Waals surface area (Å²) in [6.07, 6.45) is -0.368. The zero-order chi connectivity index (χ0) is 10.7. The second-order valence-corrected chi connectivity index (χ2v) is 3.53. The van der Waals surface area contributed by atoms with Crippen LogP contribution in [0.4, 0.5) is 0 Å². The van der Waals surface area contributed by atoms with E-state index in [1.54, 1.807) is 6.92 Å².